The molecule has 4 heterocycles. The fraction of sp³-hybridized carbons (Fsp3) is 0.263. The fourth-order valence-corrected chi connectivity index (χ4v) is 5.29. The first-order valence-electron chi connectivity index (χ1n) is 8.95. The second kappa shape index (κ2) is 7.06. The minimum absolute atomic E-state index is 0.0549. The first-order chi connectivity index (χ1) is 13.7. The van der Waals surface area contributed by atoms with Gasteiger partial charge in [-0.2, -0.15) is 0 Å². The van der Waals surface area contributed by atoms with Crippen molar-refractivity contribution < 1.29 is 9.18 Å². The molecule has 9 heteroatoms. The zero-order valence-electron chi connectivity index (χ0n) is 14.8. The molecule has 1 N–H and O–H groups in total. The Hall–Kier alpha value is -2.65. The van der Waals surface area contributed by atoms with Crippen LogP contribution >= 0.6 is 22.7 Å². The maximum atomic E-state index is 13.6. The van der Waals surface area contributed by atoms with Gasteiger partial charge in [0, 0.05) is 43.1 Å². The number of hydrogen-bond donors (Lipinski definition) is 1. The largest absolute Gasteiger partial charge is 0.348 e. The van der Waals surface area contributed by atoms with Gasteiger partial charge in [-0.15, -0.1) is 22.7 Å². The van der Waals surface area contributed by atoms with Crippen LogP contribution in [0.25, 0.3) is 10.2 Å². The molecular weight excluding hydrogens is 397 g/mol. The van der Waals surface area contributed by atoms with Gasteiger partial charge in [-0.1, -0.05) is 0 Å². The van der Waals surface area contributed by atoms with E-state index in [4.69, 9.17) is 4.98 Å². The average molecular weight is 414 g/mol. The van der Waals surface area contributed by atoms with Gasteiger partial charge < -0.3 is 9.88 Å². The maximum Gasteiger partial charge on any atom is 0.223 e. The number of fused-ring (bicyclic) bond motifs is 2. The number of carbonyl (C=O) groups excluding carboxylic acids is 1. The molecule has 0 radical (unpaired) electrons. The summed E-state index contributed by atoms with van der Waals surface area (Å²) in [6.45, 7) is 0.598. The summed E-state index contributed by atoms with van der Waals surface area (Å²) in [5, 5.41) is 3.63. The molecule has 0 saturated carbocycles. The molecule has 0 fully saturated rings. The van der Waals surface area contributed by atoms with Crippen LogP contribution in [0, 0.1) is 5.82 Å². The molecule has 1 aromatic carbocycles. The lowest BCUT2D eigenvalue weighted by molar-refractivity contribution is -0.133. The molecule has 1 aliphatic heterocycles. The predicted octanol–water partition coefficient (Wildman–Crippen LogP) is 3.72. The third-order valence-electron chi connectivity index (χ3n) is 4.88. The SMILES string of the molecule is O=C(CCc1nccs1)N1CCc2[nH]cnc2[C@H]1c1nc2ccc(F)cc2s1. The molecule has 0 spiro atoms. The van der Waals surface area contributed by atoms with Gasteiger partial charge >= 0.3 is 0 Å². The third-order valence-corrected chi connectivity index (χ3v) is 6.79. The lowest BCUT2D eigenvalue weighted by Crippen LogP contribution is -2.40. The number of thiazole rings is 2. The van der Waals surface area contributed by atoms with E-state index in [2.05, 4.69) is 15.0 Å². The summed E-state index contributed by atoms with van der Waals surface area (Å²) in [4.78, 5) is 31.5. The Morgan fingerprint density at radius 1 is 1.36 bits per heavy atom. The molecule has 0 saturated heterocycles. The molecule has 142 valence electrons. The van der Waals surface area contributed by atoms with Gasteiger partial charge in [0.05, 0.1) is 27.2 Å². The van der Waals surface area contributed by atoms with Crippen molar-refractivity contribution in [3.63, 3.8) is 0 Å². The minimum Gasteiger partial charge on any atom is -0.348 e. The number of imidazole rings is 1. The molecule has 3 aromatic heterocycles. The number of amides is 1. The standard InChI is InChI=1S/C19H16FN5OS2/c20-11-1-2-12-14(9-11)28-19(24-12)18-17-13(22-10-23-17)5-7-25(18)16(26)4-3-15-21-6-8-27-15/h1-2,6,8-10,18H,3-5,7H2,(H,22,23)/t18-/m0/s1. The second-order valence-corrected chi connectivity index (χ2v) is 8.64. The molecule has 1 amide bonds. The fourth-order valence-electron chi connectivity index (χ4n) is 3.56. The smallest absolute Gasteiger partial charge is 0.223 e. The van der Waals surface area contributed by atoms with Crippen molar-refractivity contribution in [1.82, 2.24) is 24.8 Å². The molecule has 0 aliphatic carbocycles. The highest BCUT2D eigenvalue weighted by atomic mass is 32.1. The Morgan fingerprint density at radius 2 is 2.29 bits per heavy atom. The topological polar surface area (TPSA) is 74.8 Å². The van der Waals surface area contributed by atoms with Crippen LogP contribution < -0.4 is 0 Å². The van der Waals surface area contributed by atoms with E-state index >= 15 is 0 Å². The van der Waals surface area contributed by atoms with Crippen molar-refractivity contribution in [2.45, 2.75) is 25.3 Å². The summed E-state index contributed by atoms with van der Waals surface area (Å²) in [5.41, 5.74) is 2.59. The highest BCUT2D eigenvalue weighted by Crippen LogP contribution is 2.38. The Bertz CT molecular complexity index is 1140. The van der Waals surface area contributed by atoms with Crippen LogP contribution in [-0.2, 0) is 17.6 Å². The normalized spacial score (nSPS) is 16.5. The van der Waals surface area contributed by atoms with Crippen molar-refractivity contribution >= 4 is 38.8 Å². The third kappa shape index (κ3) is 3.10. The number of rotatable bonds is 4. The summed E-state index contributed by atoms with van der Waals surface area (Å²) in [6.07, 6.45) is 5.16. The lowest BCUT2D eigenvalue weighted by atomic mass is 10.0. The quantitative estimate of drug-likeness (QED) is 0.553. The van der Waals surface area contributed by atoms with Gasteiger partial charge in [-0.25, -0.2) is 19.3 Å². The van der Waals surface area contributed by atoms with Crippen LogP contribution in [0.3, 0.4) is 0 Å². The zero-order chi connectivity index (χ0) is 19.1. The van der Waals surface area contributed by atoms with E-state index in [-0.39, 0.29) is 17.8 Å². The number of hydrogen-bond acceptors (Lipinski definition) is 6. The Morgan fingerprint density at radius 3 is 3.14 bits per heavy atom. The molecule has 0 unspecified atom stereocenters. The highest BCUT2D eigenvalue weighted by molar-refractivity contribution is 7.18. The van der Waals surface area contributed by atoms with Crippen molar-refractivity contribution in [2.75, 3.05) is 6.54 Å². The van der Waals surface area contributed by atoms with Crippen LogP contribution in [0.5, 0.6) is 0 Å². The van der Waals surface area contributed by atoms with E-state index in [1.807, 2.05) is 10.3 Å². The Balaban J connectivity index is 1.49. The van der Waals surface area contributed by atoms with E-state index in [0.29, 0.717) is 19.4 Å². The number of aromatic amines is 1. The Labute approximate surface area is 168 Å². The molecule has 4 aromatic rings. The van der Waals surface area contributed by atoms with Crippen LogP contribution in [0.1, 0.15) is 33.9 Å². The van der Waals surface area contributed by atoms with Crippen molar-refractivity contribution in [1.29, 1.82) is 0 Å². The van der Waals surface area contributed by atoms with Crippen LogP contribution in [-0.4, -0.2) is 37.3 Å². The predicted molar refractivity (Wildman–Crippen MR) is 106 cm³/mol. The lowest BCUT2D eigenvalue weighted by Gasteiger charge is -2.33. The molecular formula is C19H16FN5OS2. The van der Waals surface area contributed by atoms with Gasteiger partial charge in [0.25, 0.3) is 0 Å². The van der Waals surface area contributed by atoms with Crippen LogP contribution in [0.4, 0.5) is 4.39 Å². The number of aryl methyl sites for hydroxylation is 1. The molecule has 6 nitrogen and oxygen atoms in total. The molecule has 1 atom stereocenters. The number of nitrogens with one attached hydrogen (secondary N) is 1. The van der Waals surface area contributed by atoms with Gasteiger partial charge in [-0.3, -0.25) is 4.79 Å². The van der Waals surface area contributed by atoms with E-state index in [0.717, 1.165) is 38.0 Å². The van der Waals surface area contributed by atoms with Crippen molar-refractivity contribution in [3.8, 4) is 0 Å². The van der Waals surface area contributed by atoms with Gasteiger partial charge in [0.15, 0.2) is 0 Å². The molecule has 5 rings (SSSR count). The average Bonchev–Trinajstić information content (AvgIpc) is 3.44. The molecule has 0 bridgehead atoms. The van der Waals surface area contributed by atoms with Gasteiger partial charge in [0.1, 0.15) is 16.9 Å². The minimum atomic E-state index is -0.348. The van der Waals surface area contributed by atoms with Gasteiger partial charge in [0.2, 0.25) is 5.91 Å². The summed E-state index contributed by atoms with van der Waals surface area (Å²) in [7, 11) is 0. The first-order valence-corrected chi connectivity index (χ1v) is 10.6. The number of carbonyl (C=O) groups is 1. The second-order valence-electron chi connectivity index (χ2n) is 6.60. The summed E-state index contributed by atoms with van der Waals surface area (Å²) in [6, 6.07) is 4.22. The van der Waals surface area contributed by atoms with Crippen molar-refractivity contribution in [2.24, 2.45) is 0 Å². The number of nitrogens with zero attached hydrogens (tertiary/aromatic N) is 4. The first kappa shape index (κ1) is 17.4. The van der Waals surface area contributed by atoms with E-state index in [1.54, 1.807) is 29.9 Å². The van der Waals surface area contributed by atoms with Crippen LogP contribution in [0.2, 0.25) is 0 Å². The summed E-state index contributed by atoms with van der Waals surface area (Å²) >= 11 is 2.97. The Kier molecular flexibility index (Phi) is 4.40. The monoisotopic (exact) mass is 413 g/mol. The maximum absolute atomic E-state index is 13.6. The summed E-state index contributed by atoms with van der Waals surface area (Å²) < 4.78 is 14.4. The summed E-state index contributed by atoms with van der Waals surface area (Å²) in [5.74, 6) is -0.234. The van der Waals surface area contributed by atoms with E-state index in [9.17, 15) is 9.18 Å². The van der Waals surface area contributed by atoms with Crippen molar-refractivity contribution in [3.05, 3.63) is 63.3 Å². The van der Waals surface area contributed by atoms with E-state index in [1.165, 1.54) is 23.5 Å². The number of halogens is 1. The highest BCUT2D eigenvalue weighted by Gasteiger charge is 2.36. The van der Waals surface area contributed by atoms with Crippen LogP contribution in [0.15, 0.2) is 36.1 Å². The number of H-pyrrole nitrogens is 1. The number of aromatic nitrogens is 4. The molecule has 28 heavy (non-hydrogen) atoms. The van der Waals surface area contributed by atoms with Gasteiger partial charge in [-0.05, 0) is 18.2 Å². The molecule has 1 aliphatic rings. The number of benzene rings is 1. The zero-order valence-corrected chi connectivity index (χ0v) is 16.4. The van der Waals surface area contributed by atoms with E-state index < -0.39 is 0 Å².